The average Bonchev–Trinajstić information content (AvgIpc) is 3.87. The van der Waals surface area contributed by atoms with Gasteiger partial charge in [-0.05, 0) is 28.3 Å². The van der Waals surface area contributed by atoms with E-state index in [9.17, 15) is 9.59 Å². The van der Waals surface area contributed by atoms with Gasteiger partial charge in [0.15, 0.2) is 17.0 Å². The van der Waals surface area contributed by atoms with E-state index in [1.54, 1.807) is 11.7 Å². The maximum atomic E-state index is 13.4. The molecule has 2 aliphatic rings. The Kier molecular flexibility index (Phi) is 10.1. The van der Waals surface area contributed by atoms with E-state index >= 15 is 0 Å². The number of halogens is 1. The number of methoxy groups -OCH3 is 1. The van der Waals surface area contributed by atoms with E-state index in [2.05, 4.69) is 32.5 Å². The average molecular weight is 667 g/mol. The number of benzene rings is 2. The van der Waals surface area contributed by atoms with E-state index in [0.717, 1.165) is 35.1 Å². The number of carbonyl (C=O) groups is 2. The van der Waals surface area contributed by atoms with E-state index in [4.69, 9.17) is 40.0 Å². The Morgan fingerprint density at radius 2 is 1.77 bits per heavy atom. The maximum Gasteiger partial charge on any atom is 0.511 e. The molecule has 2 saturated heterocycles. The van der Waals surface area contributed by atoms with Crippen molar-refractivity contribution in [3.05, 3.63) is 70.8 Å². The third-order valence-electron chi connectivity index (χ3n) is 8.12. The van der Waals surface area contributed by atoms with E-state index < -0.39 is 30.6 Å². The summed E-state index contributed by atoms with van der Waals surface area (Å²) in [7, 11) is 1.57. The van der Waals surface area contributed by atoms with Crippen LogP contribution in [0.5, 0.6) is 0 Å². The normalized spacial score (nSPS) is 20.9. The first-order chi connectivity index (χ1) is 22.9. The molecule has 0 radical (unpaired) electrons. The molecule has 47 heavy (non-hydrogen) atoms. The summed E-state index contributed by atoms with van der Waals surface area (Å²) >= 11 is 6.52. The number of ether oxygens (including phenoxy) is 6. The zero-order chi connectivity index (χ0) is 32.9. The molecule has 1 N–H and O–H groups in total. The predicted molar refractivity (Wildman–Crippen MR) is 167 cm³/mol. The van der Waals surface area contributed by atoms with Crippen molar-refractivity contribution in [1.82, 2.24) is 30.2 Å². The largest absolute Gasteiger partial charge is 0.511 e. The number of aryl methyl sites for hydroxylation is 1. The number of nitrogens with zero attached hydrogens (tertiary/aromatic N) is 5. The fraction of sp³-hybridized carbons (Fsp3) is 0.438. The van der Waals surface area contributed by atoms with Crippen LogP contribution < -0.4 is 0 Å². The molecule has 5 atom stereocenters. The fourth-order valence-corrected chi connectivity index (χ4v) is 6.06. The Labute approximate surface area is 275 Å². The summed E-state index contributed by atoms with van der Waals surface area (Å²) in [6, 6.07) is 15.7. The van der Waals surface area contributed by atoms with Crippen molar-refractivity contribution in [3.8, 4) is 22.5 Å². The highest BCUT2D eigenvalue weighted by Gasteiger charge is 2.50. The molecule has 1 unspecified atom stereocenters. The summed E-state index contributed by atoms with van der Waals surface area (Å²) < 4.78 is 34.6. The highest BCUT2D eigenvalue weighted by atomic mass is 35.5. The molecule has 15 heteroatoms. The Balaban J connectivity index is 1.14. The zero-order valence-corrected chi connectivity index (χ0v) is 26.9. The number of aromatic amines is 1. The first-order valence-electron chi connectivity index (χ1n) is 15.4. The van der Waals surface area contributed by atoms with Crippen LogP contribution in [0, 0.1) is 0 Å². The molecule has 0 spiro atoms. The van der Waals surface area contributed by atoms with Gasteiger partial charge in [0.05, 0.1) is 13.2 Å². The fourth-order valence-electron chi connectivity index (χ4n) is 5.79. The number of unbranched alkanes of at least 4 members (excludes halogenated alkanes) is 1. The number of aromatic nitrogens is 6. The molecule has 0 saturated carbocycles. The molecule has 6 rings (SSSR count). The standard InChI is InChI=1S/C32H35ClN6O8/c1-4-5-10-25-34-29(33)26(31(40)45-18(2)46-32(41)47-24-17-44-27-23(42-3)16-43-28(24)27)39(25)15-19-11-13-20(14-12-19)21-8-6-7-9-22(21)30-35-37-38-36-30/h6-9,11-14,18,23-24,27-28H,4-5,10,15-17H2,1-3H3,(H,35,36,37,38)/t18?,23-,24-,27+,28+/m1/s1. The first kappa shape index (κ1) is 32.6. The third kappa shape index (κ3) is 7.15. The number of carbonyl (C=O) groups excluding carboxylic acids is 2. The Hall–Kier alpha value is -4.37. The molecule has 248 valence electrons. The second-order valence-electron chi connectivity index (χ2n) is 11.2. The highest BCUT2D eigenvalue weighted by Crippen LogP contribution is 2.32. The van der Waals surface area contributed by atoms with E-state index in [1.165, 1.54) is 6.92 Å². The van der Waals surface area contributed by atoms with Crippen molar-refractivity contribution in [2.75, 3.05) is 20.3 Å². The second kappa shape index (κ2) is 14.6. The van der Waals surface area contributed by atoms with Gasteiger partial charge in [-0.3, -0.25) is 0 Å². The van der Waals surface area contributed by atoms with Gasteiger partial charge in [0.1, 0.15) is 24.1 Å². The summed E-state index contributed by atoms with van der Waals surface area (Å²) in [6.45, 7) is 4.26. The third-order valence-corrected chi connectivity index (χ3v) is 8.38. The summed E-state index contributed by atoms with van der Waals surface area (Å²) in [4.78, 5) is 30.5. The quantitative estimate of drug-likeness (QED) is 0.165. The van der Waals surface area contributed by atoms with Crippen LogP contribution in [0.25, 0.3) is 22.5 Å². The number of H-pyrrole nitrogens is 1. The summed E-state index contributed by atoms with van der Waals surface area (Å²) in [5.74, 6) is 0.352. The van der Waals surface area contributed by atoms with Crippen LogP contribution in [0.1, 0.15) is 48.6 Å². The number of hydrogen-bond acceptors (Lipinski definition) is 12. The van der Waals surface area contributed by atoms with Gasteiger partial charge in [0.2, 0.25) is 12.1 Å². The molecule has 2 fully saturated rings. The number of imidazole rings is 1. The molecule has 2 aromatic carbocycles. The Morgan fingerprint density at radius 3 is 2.47 bits per heavy atom. The predicted octanol–water partition coefficient (Wildman–Crippen LogP) is 4.61. The monoisotopic (exact) mass is 666 g/mol. The van der Waals surface area contributed by atoms with E-state index in [-0.39, 0.29) is 29.7 Å². The molecule has 14 nitrogen and oxygen atoms in total. The molecule has 2 aliphatic heterocycles. The van der Waals surface area contributed by atoms with Gasteiger partial charge in [0.25, 0.3) is 0 Å². The molecule has 0 bridgehead atoms. The number of fused-ring (bicyclic) bond motifs is 1. The second-order valence-corrected chi connectivity index (χ2v) is 11.6. The van der Waals surface area contributed by atoms with Gasteiger partial charge in [-0.2, -0.15) is 5.21 Å². The number of nitrogens with one attached hydrogen (secondary N) is 1. The van der Waals surface area contributed by atoms with Crippen molar-refractivity contribution >= 4 is 23.7 Å². The van der Waals surface area contributed by atoms with Crippen molar-refractivity contribution < 1.29 is 38.0 Å². The van der Waals surface area contributed by atoms with Crippen LogP contribution in [0.4, 0.5) is 4.79 Å². The van der Waals surface area contributed by atoms with Crippen molar-refractivity contribution in [2.24, 2.45) is 0 Å². The maximum absolute atomic E-state index is 13.4. The van der Waals surface area contributed by atoms with E-state index in [1.807, 2.05) is 48.5 Å². The summed E-state index contributed by atoms with van der Waals surface area (Å²) in [5.41, 5.74) is 3.71. The lowest BCUT2D eigenvalue weighted by molar-refractivity contribution is -0.0993. The zero-order valence-electron chi connectivity index (χ0n) is 26.1. The minimum atomic E-state index is -1.28. The smallest absolute Gasteiger partial charge is 0.426 e. The lowest BCUT2D eigenvalue weighted by Gasteiger charge is -2.19. The lowest BCUT2D eigenvalue weighted by atomic mass is 9.98. The molecule has 0 amide bonds. The summed E-state index contributed by atoms with van der Waals surface area (Å²) in [6.07, 6.45) is -1.62. The lowest BCUT2D eigenvalue weighted by Crippen LogP contribution is -2.35. The number of esters is 1. The van der Waals surface area contributed by atoms with Crippen LogP contribution >= 0.6 is 11.6 Å². The van der Waals surface area contributed by atoms with Gasteiger partial charge < -0.3 is 33.0 Å². The van der Waals surface area contributed by atoms with Gasteiger partial charge in [-0.1, -0.05) is 73.5 Å². The van der Waals surface area contributed by atoms with E-state index in [0.29, 0.717) is 31.2 Å². The minimum absolute atomic E-state index is 0.00163. The molecular formula is C32H35ClN6O8. The van der Waals surface area contributed by atoms with Crippen LogP contribution in [0.15, 0.2) is 48.5 Å². The molecule has 2 aromatic heterocycles. The van der Waals surface area contributed by atoms with Crippen molar-refractivity contribution in [1.29, 1.82) is 0 Å². The highest BCUT2D eigenvalue weighted by molar-refractivity contribution is 6.32. The number of hydrogen-bond donors (Lipinski definition) is 1. The topological polar surface area (TPSA) is 162 Å². The van der Waals surface area contributed by atoms with Crippen molar-refractivity contribution in [3.63, 3.8) is 0 Å². The van der Waals surface area contributed by atoms with Crippen LogP contribution in [-0.4, -0.2) is 93.3 Å². The van der Waals surface area contributed by atoms with Gasteiger partial charge in [0, 0.05) is 32.6 Å². The minimum Gasteiger partial charge on any atom is -0.426 e. The molecular weight excluding hydrogens is 632 g/mol. The molecule has 4 heterocycles. The van der Waals surface area contributed by atoms with Gasteiger partial charge in [-0.25, -0.2) is 14.6 Å². The van der Waals surface area contributed by atoms with Gasteiger partial charge >= 0.3 is 12.1 Å². The van der Waals surface area contributed by atoms with Crippen molar-refractivity contribution in [2.45, 2.75) is 70.4 Å². The molecule has 0 aliphatic carbocycles. The summed E-state index contributed by atoms with van der Waals surface area (Å²) in [5, 5.41) is 14.4. The number of rotatable bonds is 12. The van der Waals surface area contributed by atoms with Crippen LogP contribution in [0.2, 0.25) is 5.15 Å². The Morgan fingerprint density at radius 1 is 1.04 bits per heavy atom. The Bertz CT molecular complexity index is 1680. The number of tetrazole rings is 1. The van der Waals surface area contributed by atoms with Crippen LogP contribution in [-0.2, 0) is 41.4 Å². The first-order valence-corrected chi connectivity index (χ1v) is 15.7. The molecule has 4 aromatic rings. The SMILES string of the molecule is CCCCc1nc(Cl)c(C(=O)OC(C)OC(=O)O[C@@H]2CO[C@@H]3[C@H]2OC[C@H]3OC)n1Cc1ccc(-c2ccccc2-c2nn[nH]n2)cc1. The van der Waals surface area contributed by atoms with Gasteiger partial charge in [-0.15, -0.1) is 10.2 Å². The van der Waals surface area contributed by atoms with Crippen LogP contribution in [0.3, 0.4) is 0 Å².